The maximum absolute atomic E-state index is 13.2. The maximum atomic E-state index is 13.2. The van der Waals surface area contributed by atoms with Crippen molar-refractivity contribution in [2.75, 3.05) is 11.4 Å². The molecule has 3 aromatic rings. The number of hydrogen-bond acceptors (Lipinski definition) is 6. The van der Waals surface area contributed by atoms with Crippen LogP contribution in [0.2, 0.25) is 0 Å². The highest BCUT2D eigenvalue weighted by atomic mass is 16.2. The molecule has 1 aromatic heterocycles. The van der Waals surface area contributed by atoms with Crippen molar-refractivity contribution in [2.24, 2.45) is 0 Å². The summed E-state index contributed by atoms with van der Waals surface area (Å²) >= 11 is 0. The van der Waals surface area contributed by atoms with Gasteiger partial charge in [-0.05, 0) is 54.7 Å². The van der Waals surface area contributed by atoms with Crippen LogP contribution in [0, 0.1) is 6.92 Å². The Balaban J connectivity index is 1.23. The first-order valence-electron chi connectivity index (χ1n) is 11.5. The molecule has 10 heteroatoms. The van der Waals surface area contributed by atoms with E-state index in [0.717, 1.165) is 23.2 Å². The monoisotopic (exact) mass is 470 g/mol. The predicted octanol–water partition coefficient (Wildman–Crippen LogP) is 1.54. The Kier molecular flexibility index (Phi) is 4.77. The normalized spacial score (nSPS) is 19.1. The van der Waals surface area contributed by atoms with Crippen LogP contribution in [0.3, 0.4) is 0 Å². The van der Waals surface area contributed by atoms with E-state index in [1.165, 1.54) is 15.1 Å². The van der Waals surface area contributed by atoms with Gasteiger partial charge in [0.15, 0.2) is 5.69 Å². The summed E-state index contributed by atoms with van der Waals surface area (Å²) in [6, 6.07) is 10.6. The molecular formula is C25H22N6O4. The van der Waals surface area contributed by atoms with E-state index in [0.29, 0.717) is 30.8 Å². The fourth-order valence-electron chi connectivity index (χ4n) is 5.13. The average molecular weight is 470 g/mol. The summed E-state index contributed by atoms with van der Waals surface area (Å²) in [4.78, 5) is 53.2. The molecule has 0 bridgehead atoms. The van der Waals surface area contributed by atoms with E-state index in [9.17, 15) is 19.2 Å². The van der Waals surface area contributed by atoms with Crippen LogP contribution >= 0.6 is 0 Å². The highest BCUT2D eigenvalue weighted by Crippen LogP contribution is 2.32. The lowest BCUT2D eigenvalue weighted by Gasteiger charge is -2.29. The molecule has 3 aliphatic heterocycles. The third-order valence-electron chi connectivity index (χ3n) is 7.00. The highest BCUT2D eigenvalue weighted by molar-refractivity contribution is 6.06. The number of nitrogens with one attached hydrogen (secondary N) is 1. The average Bonchev–Trinajstić information content (AvgIpc) is 3.57. The van der Waals surface area contributed by atoms with Crippen molar-refractivity contribution < 1.29 is 19.2 Å². The van der Waals surface area contributed by atoms with Crippen LogP contribution in [0.5, 0.6) is 0 Å². The van der Waals surface area contributed by atoms with E-state index >= 15 is 0 Å². The van der Waals surface area contributed by atoms with Gasteiger partial charge in [0.05, 0.1) is 11.9 Å². The van der Waals surface area contributed by atoms with Gasteiger partial charge in [-0.25, -0.2) is 4.68 Å². The fraction of sp³-hybridized carbons (Fsp3) is 0.280. The van der Waals surface area contributed by atoms with Crippen LogP contribution in [-0.2, 0) is 22.6 Å². The fourth-order valence-corrected chi connectivity index (χ4v) is 5.13. The number of rotatable bonds is 3. The maximum Gasteiger partial charge on any atom is 0.280 e. The lowest BCUT2D eigenvalue weighted by Crippen LogP contribution is -2.52. The topological polar surface area (TPSA) is 118 Å². The van der Waals surface area contributed by atoms with E-state index < -0.39 is 11.9 Å². The predicted molar refractivity (Wildman–Crippen MR) is 124 cm³/mol. The third kappa shape index (κ3) is 3.40. The molecule has 1 atom stereocenters. The van der Waals surface area contributed by atoms with Crippen molar-refractivity contribution in [3.8, 4) is 5.69 Å². The smallest absolute Gasteiger partial charge is 0.280 e. The summed E-state index contributed by atoms with van der Waals surface area (Å²) < 4.78 is 1.47. The number of amides is 4. The quantitative estimate of drug-likeness (QED) is 0.581. The Morgan fingerprint density at radius 2 is 1.97 bits per heavy atom. The van der Waals surface area contributed by atoms with Crippen LogP contribution in [0.1, 0.15) is 50.4 Å². The number of fused-ring (bicyclic) bond motifs is 2. The van der Waals surface area contributed by atoms with Crippen LogP contribution in [0.15, 0.2) is 42.6 Å². The van der Waals surface area contributed by atoms with Gasteiger partial charge in [0.2, 0.25) is 11.8 Å². The molecule has 0 radical (unpaired) electrons. The molecule has 0 spiro atoms. The SMILES string of the molecule is Cc1cccc2c1CCN2C(=O)c1cn(-c2ccc3c(c2)C(=O)N(C2CCC(=O)NC2=O)C3)nn1. The van der Waals surface area contributed by atoms with Crippen molar-refractivity contribution in [1.29, 1.82) is 0 Å². The zero-order valence-electron chi connectivity index (χ0n) is 19.0. The van der Waals surface area contributed by atoms with E-state index in [2.05, 4.69) is 15.6 Å². The molecule has 10 nitrogen and oxygen atoms in total. The van der Waals surface area contributed by atoms with Gasteiger partial charge in [0, 0.05) is 30.8 Å². The van der Waals surface area contributed by atoms with Crippen LogP contribution in [0.25, 0.3) is 5.69 Å². The van der Waals surface area contributed by atoms with E-state index in [1.54, 1.807) is 23.2 Å². The van der Waals surface area contributed by atoms with Crippen molar-refractivity contribution in [1.82, 2.24) is 25.2 Å². The Bertz CT molecular complexity index is 1430. The number of imide groups is 1. The van der Waals surface area contributed by atoms with Gasteiger partial charge >= 0.3 is 0 Å². The Morgan fingerprint density at radius 3 is 2.80 bits per heavy atom. The number of carbonyl (C=O) groups is 4. The summed E-state index contributed by atoms with van der Waals surface area (Å²) in [5.41, 5.74) is 5.31. The highest BCUT2D eigenvalue weighted by Gasteiger charge is 2.39. The van der Waals surface area contributed by atoms with Crippen LogP contribution < -0.4 is 10.2 Å². The van der Waals surface area contributed by atoms with Gasteiger partial charge in [0.25, 0.3) is 11.8 Å². The first-order chi connectivity index (χ1) is 16.9. The second kappa shape index (κ2) is 7.86. The molecule has 176 valence electrons. The van der Waals surface area contributed by atoms with Crippen molar-refractivity contribution in [3.05, 3.63) is 70.5 Å². The molecule has 2 aromatic carbocycles. The largest absolute Gasteiger partial charge is 0.322 e. The molecule has 1 saturated heterocycles. The minimum atomic E-state index is -0.668. The van der Waals surface area contributed by atoms with Gasteiger partial charge < -0.3 is 9.80 Å². The number of benzene rings is 2. The third-order valence-corrected chi connectivity index (χ3v) is 7.00. The first kappa shape index (κ1) is 21.2. The minimum absolute atomic E-state index is 0.207. The molecular weight excluding hydrogens is 448 g/mol. The second-order valence-corrected chi connectivity index (χ2v) is 9.07. The summed E-state index contributed by atoms with van der Waals surface area (Å²) in [6.07, 6.45) is 2.89. The first-order valence-corrected chi connectivity index (χ1v) is 11.5. The zero-order valence-corrected chi connectivity index (χ0v) is 19.0. The van der Waals surface area contributed by atoms with Gasteiger partial charge in [0.1, 0.15) is 6.04 Å². The molecule has 4 amide bonds. The molecule has 0 saturated carbocycles. The lowest BCUT2D eigenvalue weighted by atomic mass is 10.0. The number of hydrogen-bond donors (Lipinski definition) is 1. The van der Waals surface area contributed by atoms with E-state index in [4.69, 9.17) is 0 Å². The van der Waals surface area contributed by atoms with Gasteiger partial charge in [-0.15, -0.1) is 5.10 Å². The number of piperidine rings is 1. The van der Waals surface area contributed by atoms with Gasteiger partial charge in [-0.1, -0.05) is 23.4 Å². The number of aryl methyl sites for hydroxylation is 1. The van der Waals surface area contributed by atoms with E-state index in [1.807, 2.05) is 31.2 Å². The van der Waals surface area contributed by atoms with Crippen molar-refractivity contribution in [2.45, 2.75) is 38.8 Å². The van der Waals surface area contributed by atoms with Crippen LogP contribution in [0.4, 0.5) is 5.69 Å². The molecule has 1 unspecified atom stereocenters. The Hall–Kier alpha value is -4.34. The standard InChI is InChI=1S/C25H22N6O4/c1-14-3-2-4-20-17(14)9-10-29(20)25(35)19-13-31(28-27-19)16-6-5-15-12-30(24(34)18(15)11-16)21-7-8-22(32)26-23(21)33/h2-6,11,13,21H,7-10,12H2,1H3,(H,26,32,33). The Labute approximate surface area is 200 Å². The van der Waals surface area contributed by atoms with Crippen LogP contribution in [-0.4, -0.2) is 56.1 Å². The molecule has 4 heterocycles. The van der Waals surface area contributed by atoms with Crippen molar-refractivity contribution >= 4 is 29.3 Å². The zero-order chi connectivity index (χ0) is 24.3. The number of aromatic nitrogens is 3. The molecule has 35 heavy (non-hydrogen) atoms. The molecule has 6 rings (SSSR count). The minimum Gasteiger partial charge on any atom is -0.322 e. The summed E-state index contributed by atoms with van der Waals surface area (Å²) in [5.74, 6) is -1.25. The molecule has 1 fully saturated rings. The lowest BCUT2D eigenvalue weighted by molar-refractivity contribution is -0.136. The Morgan fingerprint density at radius 1 is 1.11 bits per heavy atom. The van der Waals surface area contributed by atoms with Gasteiger partial charge in [-0.3, -0.25) is 24.5 Å². The summed E-state index contributed by atoms with van der Waals surface area (Å²) in [5, 5.41) is 10.5. The molecule has 1 N–H and O–H groups in total. The van der Waals surface area contributed by atoms with Crippen molar-refractivity contribution in [3.63, 3.8) is 0 Å². The number of anilines is 1. The summed E-state index contributed by atoms with van der Waals surface area (Å²) in [6.45, 7) is 2.94. The number of nitrogens with zero attached hydrogens (tertiary/aromatic N) is 5. The van der Waals surface area contributed by atoms with Gasteiger partial charge in [-0.2, -0.15) is 0 Å². The number of carbonyl (C=O) groups excluding carboxylic acids is 4. The molecule has 3 aliphatic rings. The molecule has 0 aliphatic carbocycles. The summed E-state index contributed by atoms with van der Waals surface area (Å²) in [7, 11) is 0. The second-order valence-electron chi connectivity index (χ2n) is 9.07. The van der Waals surface area contributed by atoms with E-state index in [-0.39, 0.29) is 29.8 Å².